The molecule has 0 aliphatic carbocycles. The minimum absolute atomic E-state index is 0.250. The number of rotatable bonds is 5. The van der Waals surface area contributed by atoms with Crippen LogP contribution in [0.3, 0.4) is 0 Å². The van der Waals surface area contributed by atoms with Gasteiger partial charge in [0.15, 0.2) is 0 Å². The molecule has 0 saturated heterocycles. The molecule has 0 fully saturated rings. The Labute approximate surface area is 119 Å². The van der Waals surface area contributed by atoms with Gasteiger partial charge in [0.1, 0.15) is 11.6 Å². The van der Waals surface area contributed by atoms with Crippen molar-refractivity contribution >= 4 is 0 Å². The van der Waals surface area contributed by atoms with E-state index in [-0.39, 0.29) is 5.82 Å². The van der Waals surface area contributed by atoms with E-state index in [0.717, 1.165) is 11.3 Å². The average molecular weight is 273 g/mol. The molecule has 1 atom stereocenters. The third kappa shape index (κ3) is 2.99. The van der Waals surface area contributed by atoms with Crippen molar-refractivity contribution in [2.45, 2.75) is 25.3 Å². The standard InChI is InChI=1S/C17H20FNO/c1-3-17(19,15-9-4-5-10-16(15)18)12-13-7-6-8-14(11-13)20-2/h4-11H,3,12,19H2,1-2H3. The fraction of sp³-hybridized carbons (Fsp3) is 0.294. The van der Waals surface area contributed by atoms with Crippen molar-refractivity contribution in [3.8, 4) is 5.75 Å². The van der Waals surface area contributed by atoms with Crippen LogP contribution in [-0.4, -0.2) is 7.11 Å². The van der Waals surface area contributed by atoms with Gasteiger partial charge in [-0.05, 0) is 36.6 Å². The Balaban J connectivity index is 2.34. The Hall–Kier alpha value is -1.87. The average Bonchev–Trinajstić information content (AvgIpc) is 2.47. The van der Waals surface area contributed by atoms with Crippen molar-refractivity contribution < 1.29 is 9.13 Å². The van der Waals surface area contributed by atoms with Gasteiger partial charge in [-0.2, -0.15) is 0 Å². The molecule has 2 nitrogen and oxygen atoms in total. The minimum Gasteiger partial charge on any atom is -0.497 e. The van der Waals surface area contributed by atoms with Crippen molar-refractivity contribution in [2.24, 2.45) is 5.73 Å². The number of halogens is 1. The lowest BCUT2D eigenvalue weighted by Crippen LogP contribution is -2.39. The van der Waals surface area contributed by atoms with Crippen LogP contribution in [0.1, 0.15) is 24.5 Å². The predicted octanol–water partition coefficient (Wildman–Crippen LogP) is 3.64. The van der Waals surface area contributed by atoms with Crippen molar-refractivity contribution in [3.63, 3.8) is 0 Å². The van der Waals surface area contributed by atoms with E-state index in [1.54, 1.807) is 19.2 Å². The summed E-state index contributed by atoms with van der Waals surface area (Å²) in [7, 11) is 1.63. The van der Waals surface area contributed by atoms with Crippen molar-refractivity contribution in [1.29, 1.82) is 0 Å². The summed E-state index contributed by atoms with van der Waals surface area (Å²) in [5.74, 6) is 0.536. The monoisotopic (exact) mass is 273 g/mol. The van der Waals surface area contributed by atoms with E-state index in [4.69, 9.17) is 10.5 Å². The third-order valence-electron chi connectivity index (χ3n) is 3.69. The fourth-order valence-corrected chi connectivity index (χ4v) is 2.42. The molecule has 20 heavy (non-hydrogen) atoms. The molecule has 0 aliphatic heterocycles. The Morgan fingerprint density at radius 3 is 2.55 bits per heavy atom. The van der Waals surface area contributed by atoms with Crippen LogP contribution < -0.4 is 10.5 Å². The van der Waals surface area contributed by atoms with Gasteiger partial charge in [0.05, 0.1) is 7.11 Å². The second kappa shape index (κ2) is 6.06. The van der Waals surface area contributed by atoms with Gasteiger partial charge in [0.2, 0.25) is 0 Å². The molecule has 2 aromatic carbocycles. The zero-order chi connectivity index (χ0) is 14.6. The minimum atomic E-state index is -0.711. The Morgan fingerprint density at radius 2 is 1.90 bits per heavy atom. The first kappa shape index (κ1) is 14.5. The Bertz CT molecular complexity index is 585. The summed E-state index contributed by atoms with van der Waals surface area (Å²) in [6.45, 7) is 1.98. The SMILES string of the molecule is CCC(N)(Cc1cccc(OC)c1)c1ccccc1F. The Kier molecular flexibility index (Phi) is 4.40. The van der Waals surface area contributed by atoms with Gasteiger partial charge in [-0.25, -0.2) is 4.39 Å². The van der Waals surface area contributed by atoms with E-state index >= 15 is 0 Å². The maximum Gasteiger partial charge on any atom is 0.128 e. The van der Waals surface area contributed by atoms with Crippen LogP contribution in [0.15, 0.2) is 48.5 Å². The molecule has 0 heterocycles. The maximum atomic E-state index is 14.0. The van der Waals surface area contributed by atoms with Gasteiger partial charge in [-0.15, -0.1) is 0 Å². The summed E-state index contributed by atoms with van der Waals surface area (Å²) in [6, 6.07) is 14.5. The highest BCUT2D eigenvalue weighted by Crippen LogP contribution is 2.29. The van der Waals surface area contributed by atoms with Gasteiger partial charge < -0.3 is 10.5 Å². The first-order chi connectivity index (χ1) is 9.59. The summed E-state index contributed by atoms with van der Waals surface area (Å²) < 4.78 is 19.2. The second-order valence-corrected chi connectivity index (χ2v) is 5.02. The van der Waals surface area contributed by atoms with Crippen LogP contribution in [0.25, 0.3) is 0 Å². The van der Waals surface area contributed by atoms with E-state index < -0.39 is 5.54 Å². The molecule has 0 saturated carbocycles. The highest BCUT2D eigenvalue weighted by atomic mass is 19.1. The van der Waals surface area contributed by atoms with Gasteiger partial charge >= 0.3 is 0 Å². The summed E-state index contributed by atoms with van der Waals surface area (Å²) in [6.07, 6.45) is 1.23. The number of methoxy groups -OCH3 is 1. The summed E-state index contributed by atoms with van der Waals surface area (Å²) in [5, 5.41) is 0. The molecule has 0 amide bonds. The smallest absolute Gasteiger partial charge is 0.128 e. The van der Waals surface area contributed by atoms with Gasteiger partial charge in [-0.3, -0.25) is 0 Å². The molecular formula is C17H20FNO. The maximum absolute atomic E-state index is 14.0. The molecule has 0 radical (unpaired) electrons. The van der Waals surface area contributed by atoms with Gasteiger partial charge in [-0.1, -0.05) is 37.3 Å². The van der Waals surface area contributed by atoms with Crippen LogP contribution in [-0.2, 0) is 12.0 Å². The lowest BCUT2D eigenvalue weighted by molar-refractivity contribution is 0.397. The van der Waals surface area contributed by atoms with Gasteiger partial charge in [0.25, 0.3) is 0 Å². The molecule has 106 valence electrons. The van der Waals surface area contributed by atoms with Crippen LogP contribution in [0, 0.1) is 5.82 Å². The number of hydrogen-bond donors (Lipinski definition) is 1. The van der Waals surface area contributed by atoms with E-state index in [1.807, 2.05) is 37.3 Å². The number of ether oxygens (including phenoxy) is 1. The zero-order valence-electron chi connectivity index (χ0n) is 11.9. The molecule has 0 bridgehead atoms. The highest BCUT2D eigenvalue weighted by molar-refractivity contribution is 5.33. The molecule has 0 aromatic heterocycles. The van der Waals surface area contributed by atoms with Crippen molar-refractivity contribution in [3.05, 3.63) is 65.5 Å². The Morgan fingerprint density at radius 1 is 1.15 bits per heavy atom. The van der Waals surface area contributed by atoms with E-state index in [1.165, 1.54) is 6.07 Å². The summed E-state index contributed by atoms with van der Waals surface area (Å²) in [5.41, 5.74) is 7.35. The summed E-state index contributed by atoms with van der Waals surface area (Å²) >= 11 is 0. The first-order valence-corrected chi connectivity index (χ1v) is 6.76. The van der Waals surface area contributed by atoms with Crippen LogP contribution >= 0.6 is 0 Å². The molecule has 0 aliphatic rings. The predicted molar refractivity (Wildman–Crippen MR) is 79.3 cm³/mol. The third-order valence-corrected chi connectivity index (χ3v) is 3.69. The number of nitrogens with two attached hydrogens (primary N) is 1. The van der Waals surface area contributed by atoms with E-state index in [9.17, 15) is 4.39 Å². The lowest BCUT2D eigenvalue weighted by atomic mass is 9.82. The number of benzene rings is 2. The summed E-state index contributed by atoms with van der Waals surface area (Å²) in [4.78, 5) is 0. The van der Waals surface area contributed by atoms with E-state index in [2.05, 4.69) is 0 Å². The first-order valence-electron chi connectivity index (χ1n) is 6.76. The quantitative estimate of drug-likeness (QED) is 0.902. The lowest BCUT2D eigenvalue weighted by Gasteiger charge is -2.29. The normalized spacial score (nSPS) is 13.8. The van der Waals surface area contributed by atoms with Crippen molar-refractivity contribution in [2.75, 3.05) is 7.11 Å². The molecular weight excluding hydrogens is 253 g/mol. The van der Waals surface area contributed by atoms with E-state index in [0.29, 0.717) is 18.4 Å². The molecule has 1 unspecified atom stereocenters. The molecule has 2 rings (SSSR count). The molecule has 2 aromatic rings. The second-order valence-electron chi connectivity index (χ2n) is 5.02. The van der Waals surface area contributed by atoms with Crippen LogP contribution in [0.2, 0.25) is 0 Å². The van der Waals surface area contributed by atoms with Crippen LogP contribution in [0.4, 0.5) is 4.39 Å². The highest BCUT2D eigenvalue weighted by Gasteiger charge is 2.28. The largest absolute Gasteiger partial charge is 0.497 e. The van der Waals surface area contributed by atoms with Crippen LogP contribution in [0.5, 0.6) is 5.75 Å². The molecule has 0 spiro atoms. The molecule has 2 N–H and O–H groups in total. The molecule has 3 heteroatoms. The fourth-order valence-electron chi connectivity index (χ4n) is 2.42. The number of hydrogen-bond acceptors (Lipinski definition) is 2. The topological polar surface area (TPSA) is 35.2 Å². The van der Waals surface area contributed by atoms with Gasteiger partial charge in [0, 0.05) is 11.1 Å². The zero-order valence-corrected chi connectivity index (χ0v) is 11.9. The van der Waals surface area contributed by atoms with Crippen molar-refractivity contribution in [1.82, 2.24) is 0 Å².